The third-order valence-corrected chi connectivity index (χ3v) is 9.52. The molecule has 0 aliphatic heterocycles. The summed E-state index contributed by atoms with van der Waals surface area (Å²) in [7, 11) is -0.749. The Morgan fingerprint density at radius 2 is 1.90 bits per heavy atom. The number of nitrogens with one attached hydrogen (secondary N) is 1. The number of fused-ring (bicyclic) bond motifs is 1. The minimum atomic E-state index is -2.16. The molecule has 6 heteroatoms. The standard InChI is InChI=1S/C15H23N3O2Si/c1-15(2,3)21(5,6)18(14(19)20-4)13-16-11-9-7-8-10-12(11)17-13/h7-10H,1-6H3,(H,16,17). The van der Waals surface area contributed by atoms with Crippen LogP contribution in [0.3, 0.4) is 0 Å². The van der Waals surface area contributed by atoms with Crippen molar-refractivity contribution in [3.63, 3.8) is 0 Å². The zero-order valence-electron chi connectivity index (χ0n) is 13.5. The summed E-state index contributed by atoms with van der Waals surface area (Å²) in [4.78, 5) is 20.2. The summed E-state index contributed by atoms with van der Waals surface area (Å²) in [6, 6.07) is 7.75. The minimum Gasteiger partial charge on any atom is -0.453 e. The molecular weight excluding hydrogens is 282 g/mol. The molecule has 1 aromatic carbocycles. The van der Waals surface area contributed by atoms with Gasteiger partial charge < -0.3 is 9.72 Å². The van der Waals surface area contributed by atoms with E-state index in [4.69, 9.17) is 4.74 Å². The van der Waals surface area contributed by atoms with Crippen LogP contribution in [0.2, 0.25) is 18.1 Å². The van der Waals surface area contributed by atoms with E-state index in [1.807, 2.05) is 24.3 Å². The summed E-state index contributed by atoms with van der Waals surface area (Å²) in [6.45, 7) is 10.8. The Bertz CT molecular complexity index is 625. The van der Waals surface area contributed by atoms with E-state index in [1.165, 1.54) is 7.11 Å². The fraction of sp³-hybridized carbons (Fsp3) is 0.467. The monoisotopic (exact) mass is 305 g/mol. The molecule has 0 aliphatic rings. The predicted molar refractivity (Wildman–Crippen MR) is 88.2 cm³/mol. The molecule has 21 heavy (non-hydrogen) atoms. The summed E-state index contributed by atoms with van der Waals surface area (Å²) in [5.41, 5.74) is 1.76. The number of methoxy groups -OCH3 is 1. The smallest absolute Gasteiger partial charge is 0.408 e. The molecule has 1 heterocycles. The zero-order valence-corrected chi connectivity index (χ0v) is 14.5. The molecule has 2 aromatic rings. The topological polar surface area (TPSA) is 58.2 Å². The molecule has 0 saturated carbocycles. The van der Waals surface area contributed by atoms with E-state index in [0.717, 1.165) is 11.0 Å². The van der Waals surface area contributed by atoms with Gasteiger partial charge in [-0.05, 0) is 17.2 Å². The average molecular weight is 305 g/mol. The second-order valence-corrected chi connectivity index (χ2v) is 11.8. The molecule has 0 fully saturated rings. The Morgan fingerprint density at radius 3 is 2.43 bits per heavy atom. The Balaban J connectivity index is 2.58. The molecule has 1 amide bonds. The van der Waals surface area contributed by atoms with Crippen LogP contribution in [0, 0.1) is 0 Å². The van der Waals surface area contributed by atoms with Gasteiger partial charge in [0, 0.05) is 0 Å². The van der Waals surface area contributed by atoms with Crippen molar-refractivity contribution in [2.75, 3.05) is 11.7 Å². The van der Waals surface area contributed by atoms with Crippen LogP contribution in [-0.2, 0) is 4.74 Å². The van der Waals surface area contributed by atoms with Crippen LogP contribution in [0.4, 0.5) is 10.7 Å². The number of hydrogen-bond donors (Lipinski definition) is 1. The van der Waals surface area contributed by atoms with Crippen LogP contribution in [0.5, 0.6) is 0 Å². The first-order valence-electron chi connectivity index (χ1n) is 7.01. The lowest BCUT2D eigenvalue weighted by Crippen LogP contribution is -2.58. The number of imidazole rings is 1. The zero-order chi connectivity index (χ0) is 15.8. The molecule has 0 bridgehead atoms. The molecule has 0 radical (unpaired) electrons. The number of para-hydroxylation sites is 2. The predicted octanol–water partition coefficient (Wildman–Crippen LogP) is 4.14. The second kappa shape index (κ2) is 5.18. The van der Waals surface area contributed by atoms with E-state index < -0.39 is 8.24 Å². The van der Waals surface area contributed by atoms with E-state index in [1.54, 1.807) is 4.57 Å². The molecule has 5 nitrogen and oxygen atoms in total. The maximum atomic E-state index is 12.4. The van der Waals surface area contributed by atoms with Crippen LogP contribution < -0.4 is 4.57 Å². The quantitative estimate of drug-likeness (QED) is 0.848. The van der Waals surface area contributed by atoms with Gasteiger partial charge in [-0.2, -0.15) is 0 Å². The van der Waals surface area contributed by atoms with E-state index in [2.05, 4.69) is 43.8 Å². The van der Waals surface area contributed by atoms with Gasteiger partial charge in [0.1, 0.15) is 0 Å². The SMILES string of the molecule is COC(=O)N(c1nc2ccccc2[nH]1)[Si](C)(C)C(C)(C)C. The third kappa shape index (κ3) is 2.67. The van der Waals surface area contributed by atoms with Crippen LogP contribution in [0.15, 0.2) is 24.3 Å². The van der Waals surface area contributed by atoms with Crippen molar-refractivity contribution in [1.82, 2.24) is 9.97 Å². The van der Waals surface area contributed by atoms with Gasteiger partial charge in [0.25, 0.3) is 0 Å². The average Bonchev–Trinajstić information content (AvgIpc) is 2.79. The lowest BCUT2D eigenvalue weighted by atomic mass is 10.2. The molecule has 0 spiro atoms. The second-order valence-electron chi connectivity index (χ2n) is 6.69. The lowest BCUT2D eigenvalue weighted by Gasteiger charge is -2.43. The number of carbonyl (C=O) groups excluding carboxylic acids is 1. The number of aromatic nitrogens is 2. The molecule has 0 saturated heterocycles. The summed E-state index contributed by atoms with van der Waals surface area (Å²) < 4.78 is 6.74. The number of aromatic amines is 1. The van der Waals surface area contributed by atoms with Crippen LogP contribution in [0.25, 0.3) is 11.0 Å². The number of anilines is 1. The highest BCUT2D eigenvalue weighted by molar-refractivity contribution is 6.86. The van der Waals surface area contributed by atoms with Gasteiger partial charge in [-0.1, -0.05) is 46.0 Å². The van der Waals surface area contributed by atoms with E-state index in [0.29, 0.717) is 5.95 Å². The Morgan fingerprint density at radius 1 is 1.29 bits per heavy atom. The van der Waals surface area contributed by atoms with Crippen molar-refractivity contribution >= 4 is 31.3 Å². The Kier molecular flexibility index (Phi) is 3.84. The summed E-state index contributed by atoms with van der Waals surface area (Å²) in [6.07, 6.45) is -0.361. The largest absolute Gasteiger partial charge is 0.453 e. The van der Waals surface area contributed by atoms with E-state index in [-0.39, 0.29) is 11.1 Å². The number of hydrogen-bond acceptors (Lipinski definition) is 3. The van der Waals surface area contributed by atoms with Crippen molar-refractivity contribution in [3.05, 3.63) is 24.3 Å². The van der Waals surface area contributed by atoms with Crippen molar-refractivity contribution < 1.29 is 9.53 Å². The van der Waals surface area contributed by atoms with E-state index in [9.17, 15) is 4.79 Å². The maximum absolute atomic E-state index is 12.4. The fourth-order valence-electron chi connectivity index (χ4n) is 2.05. The lowest BCUT2D eigenvalue weighted by molar-refractivity contribution is 0.182. The molecule has 1 N–H and O–H groups in total. The Labute approximate surface area is 126 Å². The van der Waals surface area contributed by atoms with Gasteiger partial charge in [-0.3, -0.25) is 4.57 Å². The van der Waals surface area contributed by atoms with E-state index >= 15 is 0 Å². The van der Waals surface area contributed by atoms with Gasteiger partial charge in [0.05, 0.1) is 18.1 Å². The van der Waals surface area contributed by atoms with Gasteiger partial charge >= 0.3 is 6.09 Å². The number of H-pyrrole nitrogens is 1. The molecule has 0 unspecified atom stereocenters. The van der Waals surface area contributed by atoms with Gasteiger partial charge in [0.15, 0.2) is 8.24 Å². The first-order chi connectivity index (χ1) is 9.68. The molecular formula is C15H23N3O2Si. The number of amides is 1. The molecule has 1 aromatic heterocycles. The fourth-order valence-corrected chi connectivity index (χ4v) is 3.91. The molecule has 2 rings (SSSR count). The van der Waals surface area contributed by atoms with Gasteiger partial charge in [-0.25, -0.2) is 9.78 Å². The summed E-state index contributed by atoms with van der Waals surface area (Å²) in [5.74, 6) is 0.564. The first kappa shape index (κ1) is 15.6. The highest BCUT2D eigenvalue weighted by Crippen LogP contribution is 2.40. The number of nitrogens with zero attached hydrogens (tertiary/aromatic N) is 2. The minimum absolute atomic E-state index is 0.0137. The van der Waals surface area contributed by atoms with Crippen molar-refractivity contribution in [2.45, 2.75) is 38.9 Å². The number of ether oxygens (including phenoxy) is 1. The van der Waals surface area contributed by atoms with Gasteiger partial charge in [-0.15, -0.1) is 0 Å². The number of rotatable bonds is 2. The maximum Gasteiger partial charge on any atom is 0.408 e. The summed E-state index contributed by atoms with van der Waals surface area (Å²) in [5, 5.41) is -0.0137. The highest BCUT2D eigenvalue weighted by atomic mass is 28.3. The normalized spacial score (nSPS) is 12.5. The first-order valence-corrected chi connectivity index (χ1v) is 9.96. The highest BCUT2D eigenvalue weighted by Gasteiger charge is 2.46. The molecule has 0 atom stereocenters. The van der Waals surface area contributed by atoms with Crippen LogP contribution >= 0.6 is 0 Å². The Hall–Kier alpha value is -1.82. The van der Waals surface area contributed by atoms with Crippen LogP contribution in [-0.4, -0.2) is 31.4 Å². The van der Waals surface area contributed by atoms with Crippen molar-refractivity contribution in [1.29, 1.82) is 0 Å². The van der Waals surface area contributed by atoms with Gasteiger partial charge in [0.2, 0.25) is 5.95 Å². The van der Waals surface area contributed by atoms with Crippen molar-refractivity contribution in [2.24, 2.45) is 0 Å². The molecule has 114 valence electrons. The number of benzene rings is 1. The van der Waals surface area contributed by atoms with Crippen molar-refractivity contribution in [3.8, 4) is 0 Å². The molecule has 0 aliphatic carbocycles. The van der Waals surface area contributed by atoms with Crippen LogP contribution in [0.1, 0.15) is 20.8 Å². The number of carbonyl (C=O) groups is 1. The third-order valence-electron chi connectivity index (χ3n) is 4.34. The summed E-state index contributed by atoms with van der Waals surface area (Å²) >= 11 is 0.